The van der Waals surface area contributed by atoms with Crippen molar-refractivity contribution in [2.24, 2.45) is 5.92 Å². The van der Waals surface area contributed by atoms with Gasteiger partial charge in [-0.3, -0.25) is 4.79 Å². The number of aromatic nitrogens is 2. The van der Waals surface area contributed by atoms with E-state index in [1.54, 1.807) is 13.8 Å². The Morgan fingerprint density at radius 2 is 1.97 bits per heavy atom. The number of fused-ring (bicyclic) bond motifs is 1. The Hall–Kier alpha value is -2.01. The van der Waals surface area contributed by atoms with E-state index in [4.69, 9.17) is 4.74 Å². The van der Waals surface area contributed by atoms with Crippen molar-refractivity contribution in [2.45, 2.75) is 70.7 Å². The Morgan fingerprint density at radius 1 is 1.29 bits per heavy atom. The maximum Gasteiger partial charge on any atom is 0.269 e. The predicted molar refractivity (Wildman–Crippen MR) is 118 cm³/mol. The number of amides is 1. The van der Waals surface area contributed by atoms with Crippen LogP contribution >= 0.6 is 0 Å². The lowest BCUT2D eigenvalue weighted by molar-refractivity contribution is -0.129. The van der Waals surface area contributed by atoms with E-state index in [-0.39, 0.29) is 13.4 Å². The number of rotatable bonds is 3. The Kier molecular flexibility index (Phi) is 7.04. The number of nitrogens with one attached hydrogen (secondary N) is 2. The lowest BCUT2D eigenvalue weighted by atomic mass is 10.1. The van der Waals surface area contributed by atoms with Crippen LogP contribution in [0.1, 0.15) is 54.3 Å². The third-order valence-corrected chi connectivity index (χ3v) is 7.09. The molecule has 0 spiro atoms. The number of hydrogen-bond donors (Lipinski definition) is 2. The van der Waals surface area contributed by atoms with Gasteiger partial charge < -0.3 is 15.4 Å². The van der Waals surface area contributed by atoms with Gasteiger partial charge in [0.2, 0.25) is 16.0 Å². The normalized spacial score (nSPS) is 26.2. The number of carbonyl (C=O) groups excluding carboxylic acids is 1. The lowest BCUT2D eigenvalue weighted by Gasteiger charge is -2.32. The molecule has 9 nitrogen and oxygen atoms in total. The maximum atomic E-state index is 12.2. The molecule has 0 radical (unpaired) electrons. The molecule has 2 atom stereocenters. The summed E-state index contributed by atoms with van der Waals surface area (Å²) in [6, 6.07) is 0.0812. The van der Waals surface area contributed by atoms with Gasteiger partial charge in [0.15, 0.2) is 17.2 Å². The second-order valence-corrected chi connectivity index (χ2v) is 11.1. The van der Waals surface area contributed by atoms with E-state index in [0.29, 0.717) is 49.4 Å². The zero-order valence-electron chi connectivity index (χ0n) is 18.5. The molecule has 0 bridgehead atoms. The van der Waals surface area contributed by atoms with Gasteiger partial charge in [-0.25, -0.2) is 22.1 Å². The molecule has 0 aromatic carbocycles. The highest BCUT2D eigenvalue weighted by Gasteiger charge is 2.36. The van der Waals surface area contributed by atoms with Crippen molar-refractivity contribution in [1.82, 2.24) is 14.3 Å². The van der Waals surface area contributed by atoms with Gasteiger partial charge in [0.25, 0.3) is 5.91 Å². The number of hydrogen-bond acceptors (Lipinski definition) is 7. The molecular weight excluding hydrogens is 425 g/mol. The minimum atomic E-state index is -3.14. The van der Waals surface area contributed by atoms with Crippen LogP contribution in [0.5, 0.6) is 5.75 Å². The molecule has 176 valence electrons. The van der Waals surface area contributed by atoms with Gasteiger partial charge in [0.05, 0.1) is 12.5 Å². The first-order valence-electron chi connectivity index (χ1n) is 10.7. The number of piperidine rings is 1. The quantitative estimate of drug-likeness (QED) is 0.714. The zero-order valence-corrected chi connectivity index (χ0v) is 19.3. The Labute approximate surface area is 184 Å². The van der Waals surface area contributed by atoms with Gasteiger partial charge in [-0.1, -0.05) is 6.92 Å². The highest BCUT2D eigenvalue weighted by atomic mass is 32.2. The Morgan fingerprint density at radius 3 is 2.48 bits per heavy atom. The van der Waals surface area contributed by atoms with Crippen molar-refractivity contribution in [3.8, 4) is 5.75 Å². The van der Waals surface area contributed by atoms with Crippen LogP contribution in [-0.4, -0.2) is 65.8 Å². The van der Waals surface area contributed by atoms with Crippen molar-refractivity contribution in [1.29, 1.82) is 0 Å². The summed E-state index contributed by atoms with van der Waals surface area (Å²) in [7, 11) is -3.14. The SMILES string of the molecule is CC1(C)Oc2cnc(NC3CCN(S(C)(=O)=O)CC3)nc2NC1=O.C[C@@H]1CC[C@H](F)C1.[HH]. The Bertz CT molecular complexity index is 901. The summed E-state index contributed by atoms with van der Waals surface area (Å²) in [6.07, 6.45) is 6.32. The van der Waals surface area contributed by atoms with Gasteiger partial charge in [0, 0.05) is 20.6 Å². The number of anilines is 2. The number of nitrogens with zero attached hydrogens (tertiary/aromatic N) is 3. The highest BCUT2D eigenvalue weighted by molar-refractivity contribution is 7.88. The fourth-order valence-electron chi connectivity index (χ4n) is 3.84. The van der Waals surface area contributed by atoms with Crippen LogP contribution in [0.2, 0.25) is 0 Å². The molecule has 31 heavy (non-hydrogen) atoms. The van der Waals surface area contributed by atoms with Crippen LogP contribution in [0, 0.1) is 5.92 Å². The summed E-state index contributed by atoms with van der Waals surface area (Å²) < 4.78 is 42.3. The highest BCUT2D eigenvalue weighted by Crippen LogP contribution is 2.32. The monoisotopic (exact) mass is 459 g/mol. The largest absolute Gasteiger partial charge is 0.472 e. The lowest BCUT2D eigenvalue weighted by Crippen LogP contribution is -2.46. The maximum absolute atomic E-state index is 12.2. The van der Waals surface area contributed by atoms with Crippen molar-refractivity contribution in [3.05, 3.63) is 6.20 Å². The molecule has 11 heteroatoms. The summed E-state index contributed by atoms with van der Waals surface area (Å²) in [5.41, 5.74) is -0.955. The molecule has 1 saturated carbocycles. The third kappa shape index (κ3) is 6.25. The van der Waals surface area contributed by atoms with Crippen LogP contribution in [0.4, 0.5) is 16.2 Å². The van der Waals surface area contributed by atoms with Gasteiger partial charge in [-0.15, -0.1) is 0 Å². The van der Waals surface area contributed by atoms with Crippen molar-refractivity contribution >= 4 is 27.7 Å². The molecule has 1 saturated heterocycles. The predicted octanol–water partition coefficient (Wildman–Crippen LogP) is 2.81. The summed E-state index contributed by atoms with van der Waals surface area (Å²) >= 11 is 0. The zero-order chi connectivity index (χ0) is 22.8. The van der Waals surface area contributed by atoms with E-state index in [0.717, 1.165) is 19.3 Å². The van der Waals surface area contributed by atoms with Gasteiger partial charge in [-0.2, -0.15) is 4.98 Å². The summed E-state index contributed by atoms with van der Waals surface area (Å²) in [5, 5.41) is 5.90. The molecule has 3 heterocycles. The van der Waals surface area contributed by atoms with E-state index in [1.165, 1.54) is 16.8 Å². The molecule has 1 aromatic rings. The van der Waals surface area contributed by atoms with E-state index >= 15 is 0 Å². The molecule has 2 aliphatic heterocycles. The van der Waals surface area contributed by atoms with Crippen LogP contribution in [0.15, 0.2) is 6.20 Å². The molecule has 1 aromatic heterocycles. The fourth-order valence-corrected chi connectivity index (χ4v) is 4.71. The number of halogens is 1. The first-order valence-corrected chi connectivity index (χ1v) is 12.5. The van der Waals surface area contributed by atoms with E-state index < -0.39 is 21.8 Å². The van der Waals surface area contributed by atoms with E-state index in [9.17, 15) is 17.6 Å². The first kappa shape index (κ1) is 23.6. The molecule has 1 amide bonds. The second-order valence-electron chi connectivity index (χ2n) is 9.07. The van der Waals surface area contributed by atoms with Gasteiger partial charge in [0.1, 0.15) is 6.17 Å². The van der Waals surface area contributed by atoms with Crippen LogP contribution in [0.25, 0.3) is 0 Å². The van der Waals surface area contributed by atoms with Gasteiger partial charge in [-0.05, 0) is 51.9 Å². The molecule has 4 rings (SSSR count). The summed E-state index contributed by atoms with van der Waals surface area (Å²) in [6.45, 7) is 6.39. The number of sulfonamides is 1. The molecule has 0 unspecified atom stereocenters. The molecule has 2 fully saturated rings. The molecular formula is C20H34FN5O4S. The molecule has 3 aliphatic rings. The third-order valence-electron chi connectivity index (χ3n) is 5.79. The summed E-state index contributed by atoms with van der Waals surface area (Å²) in [5.74, 6) is 1.54. The van der Waals surface area contributed by atoms with Crippen molar-refractivity contribution in [2.75, 3.05) is 30.0 Å². The van der Waals surface area contributed by atoms with Crippen molar-refractivity contribution < 1.29 is 23.8 Å². The molecule has 2 N–H and O–H groups in total. The average Bonchev–Trinajstić information content (AvgIpc) is 3.06. The fraction of sp³-hybridized carbons (Fsp3) is 0.750. The van der Waals surface area contributed by atoms with Crippen LogP contribution in [-0.2, 0) is 14.8 Å². The Balaban J connectivity index is 0.000000388. The molecule has 1 aliphatic carbocycles. The average molecular weight is 460 g/mol. The van der Waals surface area contributed by atoms with E-state index in [2.05, 4.69) is 27.5 Å². The number of ether oxygens (including phenoxy) is 1. The van der Waals surface area contributed by atoms with Crippen LogP contribution < -0.4 is 15.4 Å². The number of alkyl halides is 1. The van der Waals surface area contributed by atoms with Crippen molar-refractivity contribution in [3.63, 3.8) is 0 Å². The summed E-state index contributed by atoms with van der Waals surface area (Å²) in [4.78, 5) is 20.4. The topological polar surface area (TPSA) is 114 Å². The van der Waals surface area contributed by atoms with Gasteiger partial charge >= 0.3 is 0 Å². The van der Waals surface area contributed by atoms with E-state index in [1.807, 2.05) is 0 Å². The standard InChI is InChI=1S/C14H21N5O4S.C6H11F.H2/c1-14(2)12(20)17-11-10(23-14)8-15-13(18-11)16-9-4-6-19(7-5-9)24(3,21)22;1-5-2-3-6(7)4-5;/h8-9H,4-7H2,1-3H3,(H2,15,16,17,18,20);5-6H,2-4H2,1H3;1H/t;5-,6+;/m.1./s1. The number of carbonyl (C=O) groups is 1. The minimum absolute atomic E-state index is 0. The van der Waals surface area contributed by atoms with Crippen LogP contribution in [0.3, 0.4) is 0 Å². The second kappa shape index (κ2) is 9.23. The minimum Gasteiger partial charge on any atom is -0.472 e. The smallest absolute Gasteiger partial charge is 0.269 e. The first-order chi connectivity index (χ1) is 14.4.